The van der Waals surface area contributed by atoms with Crippen molar-refractivity contribution in [3.05, 3.63) is 48.5 Å². The summed E-state index contributed by atoms with van der Waals surface area (Å²) in [5.74, 6) is 2.38. The molecule has 6 heteroatoms. The van der Waals surface area contributed by atoms with E-state index in [0.29, 0.717) is 44.5 Å². The Morgan fingerprint density at radius 1 is 0.433 bits per heavy atom. The van der Waals surface area contributed by atoms with Crippen LogP contribution < -0.4 is 18.9 Å². The lowest BCUT2D eigenvalue weighted by atomic mass is 9.91. The van der Waals surface area contributed by atoms with E-state index < -0.39 is 0 Å². The molecule has 30 heavy (non-hydrogen) atoms. The molecule has 4 aromatic rings. The Balaban J connectivity index is 2.22. The van der Waals surface area contributed by atoms with Crippen molar-refractivity contribution in [1.29, 1.82) is 0 Å². The summed E-state index contributed by atoms with van der Waals surface area (Å²) >= 11 is 0. The lowest BCUT2D eigenvalue weighted by Gasteiger charge is -2.18. The van der Waals surface area contributed by atoms with Crippen molar-refractivity contribution in [2.45, 2.75) is 0 Å². The van der Waals surface area contributed by atoms with Gasteiger partial charge in [-0.3, -0.25) is 0 Å². The lowest BCUT2D eigenvalue weighted by molar-refractivity contribution is 0.407. The monoisotopic (exact) mass is 406 g/mol. The summed E-state index contributed by atoms with van der Waals surface area (Å²) in [6.45, 7) is 0. The van der Waals surface area contributed by atoms with Gasteiger partial charge in [-0.2, -0.15) is 0 Å². The highest BCUT2D eigenvalue weighted by atomic mass is 16.5. The molecule has 0 atom stereocenters. The molecular weight excluding hydrogens is 384 g/mol. The minimum atomic E-state index is 0.0807. The van der Waals surface area contributed by atoms with E-state index in [9.17, 15) is 10.2 Å². The van der Waals surface area contributed by atoms with Crippen LogP contribution in [0.15, 0.2) is 48.5 Å². The summed E-state index contributed by atoms with van der Waals surface area (Å²) in [5.41, 5.74) is 1.57. The second-order valence-electron chi connectivity index (χ2n) is 6.70. The van der Waals surface area contributed by atoms with Gasteiger partial charge in [0.15, 0.2) is 0 Å². The van der Waals surface area contributed by atoms with Gasteiger partial charge in [0.05, 0.1) is 39.2 Å². The summed E-state index contributed by atoms with van der Waals surface area (Å²) in [5, 5.41) is 23.6. The molecule has 4 aromatic carbocycles. The summed E-state index contributed by atoms with van der Waals surface area (Å²) in [6.07, 6.45) is 0. The van der Waals surface area contributed by atoms with E-state index in [0.717, 1.165) is 11.1 Å². The van der Waals surface area contributed by atoms with Crippen molar-refractivity contribution < 1.29 is 29.2 Å². The highest BCUT2D eigenvalue weighted by Gasteiger charge is 2.21. The van der Waals surface area contributed by atoms with Crippen LogP contribution in [-0.2, 0) is 0 Å². The van der Waals surface area contributed by atoms with Gasteiger partial charge >= 0.3 is 0 Å². The normalized spacial score (nSPS) is 10.9. The second-order valence-corrected chi connectivity index (χ2v) is 6.70. The number of methoxy groups -OCH3 is 4. The van der Waals surface area contributed by atoms with E-state index in [1.165, 1.54) is 0 Å². The molecule has 0 aliphatic carbocycles. The predicted octanol–water partition coefficient (Wildman–Crippen LogP) is 5.11. The molecule has 0 aliphatic heterocycles. The smallest absolute Gasteiger partial charge is 0.130 e. The summed E-state index contributed by atoms with van der Waals surface area (Å²) in [6, 6.07) is 14.0. The fourth-order valence-corrected chi connectivity index (χ4v) is 3.96. The lowest BCUT2D eigenvalue weighted by Crippen LogP contribution is -1.95. The third kappa shape index (κ3) is 2.80. The van der Waals surface area contributed by atoms with Crippen LogP contribution in [0.4, 0.5) is 0 Å². The van der Waals surface area contributed by atoms with Gasteiger partial charge in [0.25, 0.3) is 0 Å². The number of hydrogen-bond acceptors (Lipinski definition) is 6. The Labute approximate surface area is 173 Å². The zero-order valence-corrected chi connectivity index (χ0v) is 17.1. The summed E-state index contributed by atoms with van der Waals surface area (Å²) in [7, 11) is 6.26. The van der Waals surface area contributed by atoms with Gasteiger partial charge in [-0.15, -0.1) is 0 Å². The number of phenols is 2. The molecule has 0 saturated heterocycles. The van der Waals surface area contributed by atoms with E-state index in [1.807, 2.05) is 12.1 Å². The van der Waals surface area contributed by atoms with Crippen LogP contribution >= 0.6 is 0 Å². The minimum absolute atomic E-state index is 0.0807. The van der Waals surface area contributed by atoms with Crippen molar-refractivity contribution in [2.75, 3.05) is 28.4 Å². The number of phenolic OH excluding ortho intramolecular Hbond substituents is 2. The standard InChI is InChI=1S/C24H22O6/c1-27-17-9-11-19(29-3)23-15(25)7-5-13(21(17)23)14-6-8-16(26)24-20(30-4)12-10-18(28-2)22(14)24/h5-12,25-26H,1-4H3. The molecule has 0 fully saturated rings. The minimum Gasteiger partial charge on any atom is -0.507 e. The average molecular weight is 406 g/mol. The topological polar surface area (TPSA) is 77.4 Å². The fraction of sp³-hybridized carbons (Fsp3) is 0.167. The van der Waals surface area contributed by atoms with Crippen LogP contribution in [0.2, 0.25) is 0 Å². The Bertz CT molecular complexity index is 1160. The van der Waals surface area contributed by atoms with Crippen LogP contribution in [0, 0.1) is 0 Å². The van der Waals surface area contributed by atoms with E-state index in [2.05, 4.69) is 0 Å². The predicted molar refractivity (Wildman–Crippen MR) is 116 cm³/mol. The van der Waals surface area contributed by atoms with E-state index in [1.54, 1.807) is 64.8 Å². The second kappa shape index (κ2) is 7.55. The highest BCUT2D eigenvalue weighted by Crippen LogP contribution is 2.49. The first-order chi connectivity index (χ1) is 14.5. The van der Waals surface area contributed by atoms with Gasteiger partial charge in [0, 0.05) is 10.8 Å². The number of aromatic hydroxyl groups is 2. The average Bonchev–Trinajstić information content (AvgIpc) is 2.78. The molecule has 6 nitrogen and oxygen atoms in total. The maximum atomic E-state index is 10.6. The number of fused-ring (bicyclic) bond motifs is 2. The Kier molecular flexibility index (Phi) is 4.91. The van der Waals surface area contributed by atoms with Crippen LogP contribution in [0.5, 0.6) is 34.5 Å². The maximum Gasteiger partial charge on any atom is 0.130 e. The largest absolute Gasteiger partial charge is 0.507 e. The first-order valence-corrected chi connectivity index (χ1v) is 9.29. The van der Waals surface area contributed by atoms with Crippen LogP contribution in [0.3, 0.4) is 0 Å². The van der Waals surface area contributed by atoms with Crippen molar-refractivity contribution in [3.8, 4) is 45.6 Å². The maximum absolute atomic E-state index is 10.6. The Hall–Kier alpha value is -3.80. The molecule has 0 radical (unpaired) electrons. The zero-order valence-electron chi connectivity index (χ0n) is 17.1. The fourth-order valence-electron chi connectivity index (χ4n) is 3.96. The molecule has 0 heterocycles. The van der Waals surface area contributed by atoms with Crippen molar-refractivity contribution in [3.63, 3.8) is 0 Å². The number of hydrogen-bond donors (Lipinski definition) is 2. The molecule has 0 aromatic heterocycles. The zero-order chi connectivity index (χ0) is 21.4. The van der Waals surface area contributed by atoms with Gasteiger partial charge in [-0.25, -0.2) is 0 Å². The quantitative estimate of drug-likeness (QED) is 0.480. The first-order valence-electron chi connectivity index (χ1n) is 9.29. The molecular formula is C24H22O6. The summed E-state index contributed by atoms with van der Waals surface area (Å²) in [4.78, 5) is 0. The van der Waals surface area contributed by atoms with Gasteiger partial charge < -0.3 is 29.2 Å². The molecule has 4 rings (SSSR count). The molecule has 154 valence electrons. The van der Waals surface area contributed by atoms with Gasteiger partial charge in [-0.1, -0.05) is 0 Å². The molecule has 0 bridgehead atoms. The Morgan fingerprint density at radius 2 is 0.733 bits per heavy atom. The van der Waals surface area contributed by atoms with Crippen molar-refractivity contribution >= 4 is 21.5 Å². The molecule has 0 aliphatic rings. The van der Waals surface area contributed by atoms with Crippen molar-refractivity contribution in [2.24, 2.45) is 0 Å². The first kappa shape index (κ1) is 19.5. The molecule has 0 saturated carbocycles. The SMILES string of the molecule is COc1ccc(OC)c2c(-c3ccc(O)c4c(OC)ccc(OC)c34)ccc(O)c12. The highest BCUT2D eigenvalue weighted by molar-refractivity contribution is 6.14. The third-order valence-electron chi connectivity index (χ3n) is 5.29. The molecule has 2 N–H and O–H groups in total. The van der Waals surface area contributed by atoms with Gasteiger partial charge in [-0.05, 0) is 59.7 Å². The number of rotatable bonds is 5. The molecule has 0 amide bonds. The van der Waals surface area contributed by atoms with E-state index >= 15 is 0 Å². The molecule has 0 unspecified atom stereocenters. The van der Waals surface area contributed by atoms with Crippen LogP contribution in [0.1, 0.15) is 0 Å². The van der Waals surface area contributed by atoms with Crippen LogP contribution in [-0.4, -0.2) is 38.7 Å². The van der Waals surface area contributed by atoms with Gasteiger partial charge in [0.2, 0.25) is 0 Å². The number of ether oxygens (including phenoxy) is 4. The van der Waals surface area contributed by atoms with Gasteiger partial charge in [0.1, 0.15) is 34.5 Å². The number of benzene rings is 4. The van der Waals surface area contributed by atoms with E-state index in [-0.39, 0.29) is 11.5 Å². The third-order valence-corrected chi connectivity index (χ3v) is 5.29. The van der Waals surface area contributed by atoms with E-state index in [4.69, 9.17) is 18.9 Å². The van der Waals surface area contributed by atoms with Crippen LogP contribution in [0.25, 0.3) is 32.7 Å². The Morgan fingerprint density at radius 3 is 1.03 bits per heavy atom. The van der Waals surface area contributed by atoms with Crippen molar-refractivity contribution in [1.82, 2.24) is 0 Å². The summed E-state index contributed by atoms with van der Waals surface area (Å²) < 4.78 is 22.2. The molecule has 0 spiro atoms.